The maximum Gasteiger partial charge on any atom is 0.326 e. The summed E-state index contributed by atoms with van der Waals surface area (Å²) in [6.45, 7) is 2.29. The summed E-state index contributed by atoms with van der Waals surface area (Å²) in [7, 11) is 0. The standard InChI is InChI=1S/C14H16BrClN2O3/c1-8-3-2-6-18(12(8)13(19)20)14(21)17-11-7-9(16)4-5-10(11)15/h4-5,7-8,12H,2-3,6H2,1H3,(H,17,21)(H,19,20). The number of rotatable bonds is 2. The molecule has 21 heavy (non-hydrogen) atoms. The molecule has 0 radical (unpaired) electrons. The summed E-state index contributed by atoms with van der Waals surface area (Å²) >= 11 is 9.24. The number of carboxylic acids is 1. The van der Waals surface area contributed by atoms with Crippen molar-refractivity contribution < 1.29 is 14.7 Å². The fraction of sp³-hybridized carbons (Fsp3) is 0.429. The Morgan fingerprint density at radius 2 is 2.19 bits per heavy atom. The zero-order valence-corrected chi connectivity index (χ0v) is 13.8. The number of piperidine rings is 1. The summed E-state index contributed by atoms with van der Waals surface area (Å²) in [5.74, 6) is -1.03. The Morgan fingerprint density at radius 3 is 2.86 bits per heavy atom. The van der Waals surface area contributed by atoms with Crippen molar-refractivity contribution in [1.29, 1.82) is 0 Å². The molecule has 1 fully saturated rings. The number of carboxylic acid groups (broad SMARTS) is 1. The number of carbonyl (C=O) groups is 2. The molecule has 2 N–H and O–H groups in total. The Balaban J connectivity index is 2.18. The first-order valence-corrected chi connectivity index (χ1v) is 7.82. The fourth-order valence-electron chi connectivity index (χ4n) is 2.57. The molecule has 0 bridgehead atoms. The van der Waals surface area contributed by atoms with Crippen LogP contribution in [0.5, 0.6) is 0 Å². The first kappa shape index (κ1) is 16.1. The molecule has 1 saturated heterocycles. The predicted octanol–water partition coefficient (Wildman–Crippen LogP) is 3.82. The van der Waals surface area contributed by atoms with Gasteiger partial charge in [0.2, 0.25) is 0 Å². The molecule has 1 aliphatic rings. The number of anilines is 1. The third-order valence-electron chi connectivity index (χ3n) is 3.62. The van der Waals surface area contributed by atoms with E-state index in [4.69, 9.17) is 11.6 Å². The van der Waals surface area contributed by atoms with Gasteiger partial charge in [-0.2, -0.15) is 0 Å². The van der Waals surface area contributed by atoms with Gasteiger partial charge < -0.3 is 15.3 Å². The van der Waals surface area contributed by atoms with Crippen LogP contribution in [0, 0.1) is 5.92 Å². The normalized spacial score (nSPS) is 22.0. The molecule has 1 aliphatic heterocycles. The van der Waals surface area contributed by atoms with Crippen molar-refractivity contribution >= 4 is 45.2 Å². The Kier molecular flexibility index (Phi) is 5.11. The topological polar surface area (TPSA) is 69.6 Å². The van der Waals surface area contributed by atoms with Gasteiger partial charge in [0.1, 0.15) is 6.04 Å². The molecule has 5 nitrogen and oxygen atoms in total. The van der Waals surface area contributed by atoms with E-state index in [1.165, 1.54) is 4.90 Å². The van der Waals surface area contributed by atoms with Crippen LogP contribution in [0.3, 0.4) is 0 Å². The number of nitrogens with zero attached hydrogens (tertiary/aromatic N) is 1. The number of halogens is 2. The maximum absolute atomic E-state index is 12.4. The lowest BCUT2D eigenvalue weighted by Gasteiger charge is -2.37. The lowest BCUT2D eigenvalue weighted by atomic mass is 9.91. The summed E-state index contributed by atoms with van der Waals surface area (Å²) in [6, 6.07) is 3.83. The highest BCUT2D eigenvalue weighted by molar-refractivity contribution is 9.10. The minimum atomic E-state index is -0.970. The van der Waals surface area contributed by atoms with E-state index in [-0.39, 0.29) is 5.92 Å². The van der Waals surface area contributed by atoms with Crippen LogP contribution in [0.1, 0.15) is 19.8 Å². The number of aliphatic carboxylic acids is 1. The summed E-state index contributed by atoms with van der Waals surface area (Å²) in [5, 5.41) is 12.6. The number of carbonyl (C=O) groups excluding carboxylic acids is 1. The van der Waals surface area contributed by atoms with E-state index in [9.17, 15) is 14.7 Å². The highest BCUT2D eigenvalue weighted by Crippen LogP contribution is 2.28. The number of hydrogen-bond acceptors (Lipinski definition) is 2. The molecule has 114 valence electrons. The smallest absolute Gasteiger partial charge is 0.326 e. The molecule has 2 amide bonds. The fourth-order valence-corrected chi connectivity index (χ4v) is 3.09. The average Bonchev–Trinajstić information content (AvgIpc) is 2.42. The molecular weight excluding hydrogens is 360 g/mol. The number of likely N-dealkylation sites (tertiary alicyclic amines) is 1. The summed E-state index contributed by atoms with van der Waals surface area (Å²) in [5.41, 5.74) is 0.523. The molecule has 1 aromatic carbocycles. The highest BCUT2D eigenvalue weighted by atomic mass is 79.9. The number of amides is 2. The van der Waals surface area contributed by atoms with E-state index in [1.807, 2.05) is 6.92 Å². The van der Waals surface area contributed by atoms with Crippen LogP contribution in [0.25, 0.3) is 0 Å². The van der Waals surface area contributed by atoms with E-state index >= 15 is 0 Å². The molecule has 0 saturated carbocycles. The minimum Gasteiger partial charge on any atom is -0.480 e. The van der Waals surface area contributed by atoms with E-state index in [0.29, 0.717) is 21.7 Å². The highest BCUT2D eigenvalue weighted by Gasteiger charge is 2.37. The molecule has 1 aromatic rings. The van der Waals surface area contributed by atoms with Crippen LogP contribution in [0.4, 0.5) is 10.5 Å². The lowest BCUT2D eigenvalue weighted by molar-refractivity contribution is -0.145. The van der Waals surface area contributed by atoms with Gasteiger partial charge in [-0.15, -0.1) is 0 Å². The van der Waals surface area contributed by atoms with Crippen LogP contribution >= 0.6 is 27.5 Å². The average molecular weight is 376 g/mol. The molecule has 2 rings (SSSR count). The van der Waals surface area contributed by atoms with Crippen LogP contribution in [0.2, 0.25) is 5.02 Å². The van der Waals surface area contributed by atoms with Crippen molar-refractivity contribution in [1.82, 2.24) is 4.90 Å². The van der Waals surface area contributed by atoms with Crippen LogP contribution in [-0.4, -0.2) is 34.6 Å². The Labute approximate surface area is 136 Å². The molecule has 2 unspecified atom stereocenters. The Hall–Kier alpha value is -1.27. The van der Waals surface area contributed by atoms with E-state index in [0.717, 1.165) is 12.8 Å². The second-order valence-corrected chi connectivity index (χ2v) is 6.44. The lowest BCUT2D eigenvalue weighted by Crippen LogP contribution is -2.53. The second-order valence-electron chi connectivity index (χ2n) is 5.15. The van der Waals surface area contributed by atoms with Gasteiger partial charge in [0.15, 0.2) is 0 Å². The molecule has 2 atom stereocenters. The van der Waals surface area contributed by atoms with Gasteiger partial charge in [-0.1, -0.05) is 18.5 Å². The van der Waals surface area contributed by atoms with Gasteiger partial charge in [0.05, 0.1) is 5.69 Å². The molecular formula is C14H16BrClN2O3. The molecule has 0 aliphatic carbocycles. The van der Waals surface area contributed by atoms with Crippen LogP contribution in [-0.2, 0) is 4.79 Å². The minimum absolute atomic E-state index is 0.0650. The Morgan fingerprint density at radius 1 is 1.48 bits per heavy atom. The zero-order chi connectivity index (χ0) is 15.6. The Bertz CT molecular complexity index is 567. The van der Waals surface area contributed by atoms with E-state index in [2.05, 4.69) is 21.2 Å². The second kappa shape index (κ2) is 6.66. The van der Waals surface area contributed by atoms with Crippen molar-refractivity contribution in [2.24, 2.45) is 5.92 Å². The van der Waals surface area contributed by atoms with Gasteiger partial charge in [0, 0.05) is 16.0 Å². The van der Waals surface area contributed by atoms with Gasteiger partial charge in [-0.25, -0.2) is 9.59 Å². The van der Waals surface area contributed by atoms with Crippen molar-refractivity contribution in [2.45, 2.75) is 25.8 Å². The SMILES string of the molecule is CC1CCCN(C(=O)Nc2cc(Cl)ccc2Br)C1C(=O)O. The maximum atomic E-state index is 12.4. The molecule has 7 heteroatoms. The van der Waals surface area contributed by atoms with Gasteiger partial charge in [-0.05, 0) is 52.9 Å². The quantitative estimate of drug-likeness (QED) is 0.825. The summed E-state index contributed by atoms with van der Waals surface area (Å²) in [6.07, 6.45) is 1.61. The first-order valence-electron chi connectivity index (χ1n) is 6.65. The molecule has 1 heterocycles. The van der Waals surface area contributed by atoms with Crippen LogP contribution in [0.15, 0.2) is 22.7 Å². The predicted molar refractivity (Wildman–Crippen MR) is 84.7 cm³/mol. The van der Waals surface area contributed by atoms with E-state index < -0.39 is 18.0 Å². The number of nitrogens with one attached hydrogen (secondary N) is 1. The third kappa shape index (κ3) is 3.68. The van der Waals surface area contributed by atoms with Crippen molar-refractivity contribution in [3.63, 3.8) is 0 Å². The number of hydrogen-bond donors (Lipinski definition) is 2. The van der Waals surface area contributed by atoms with E-state index in [1.54, 1.807) is 18.2 Å². The summed E-state index contributed by atoms with van der Waals surface area (Å²) < 4.78 is 0.692. The largest absolute Gasteiger partial charge is 0.480 e. The van der Waals surface area contributed by atoms with Crippen molar-refractivity contribution in [3.8, 4) is 0 Å². The molecule has 0 spiro atoms. The van der Waals surface area contributed by atoms with Crippen molar-refractivity contribution in [2.75, 3.05) is 11.9 Å². The first-order chi connectivity index (χ1) is 9.90. The van der Waals surface area contributed by atoms with Gasteiger partial charge in [0.25, 0.3) is 0 Å². The number of benzene rings is 1. The third-order valence-corrected chi connectivity index (χ3v) is 4.54. The monoisotopic (exact) mass is 374 g/mol. The number of urea groups is 1. The zero-order valence-electron chi connectivity index (χ0n) is 11.5. The van der Waals surface area contributed by atoms with Gasteiger partial charge in [-0.3, -0.25) is 0 Å². The van der Waals surface area contributed by atoms with Crippen molar-refractivity contribution in [3.05, 3.63) is 27.7 Å². The molecule has 0 aromatic heterocycles. The van der Waals surface area contributed by atoms with Gasteiger partial charge >= 0.3 is 12.0 Å². The summed E-state index contributed by atoms with van der Waals surface area (Å²) in [4.78, 5) is 25.2. The van der Waals surface area contributed by atoms with Crippen LogP contribution < -0.4 is 5.32 Å².